The second-order valence-electron chi connectivity index (χ2n) is 5.82. The number of carboxylic acids is 1. The molecule has 0 bridgehead atoms. The minimum absolute atomic E-state index is 0.269. The lowest BCUT2D eigenvalue weighted by atomic mass is 9.92. The van der Waals surface area contributed by atoms with Crippen LogP contribution in [0.25, 0.3) is 0 Å². The van der Waals surface area contributed by atoms with Gasteiger partial charge in [-0.15, -0.1) is 0 Å². The summed E-state index contributed by atoms with van der Waals surface area (Å²) in [4.78, 5) is 26.2. The van der Waals surface area contributed by atoms with Crippen molar-refractivity contribution in [3.8, 4) is 0 Å². The summed E-state index contributed by atoms with van der Waals surface area (Å²) in [7, 11) is 1.59. The Labute approximate surface area is 140 Å². The van der Waals surface area contributed by atoms with E-state index in [2.05, 4.69) is 0 Å². The fraction of sp³-hybridized carbons (Fsp3) is 0.263. The highest BCUT2D eigenvalue weighted by molar-refractivity contribution is 5.97. The van der Waals surface area contributed by atoms with Crippen LogP contribution in [-0.4, -0.2) is 35.5 Å². The molecule has 0 spiro atoms. The topological polar surface area (TPSA) is 66.8 Å². The molecule has 3 rings (SSSR count). The molecular weight excluding hydrogens is 306 g/mol. The van der Waals surface area contributed by atoms with Gasteiger partial charge in [0.1, 0.15) is 0 Å². The van der Waals surface area contributed by atoms with Crippen molar-refractivity contribution in [2.75, 3.05) is 13.7 Å². The minimum atomic E-state index is -1.01. The number of fused-ring (bicyclic) bond motifs is 1. The molecule has 0 saturated carbocycles. The van der Waals surface area contributed by atoms with Gasteiger partial charge in [0, 0.05) is 19.2 Å². The van der Waals surface area contributed by atoms with Crippen LogP contribution >= 0.6 is 0 Å². The number of aliphatic carboxylic acids is 1. The van der Waals surface area contributed by atoms with Crippen molar-refractivity contribution < 1.29 is 19.4 Å². The molecule has 1 amide bonds. The molecule has 124 valence electrons. The van der Waals surface area contributed by atoms with Crippen LogP contribution in [0.1, 0.15) is 33.1 Å². The van der Waals surface area contributed by atoms with Crippen molar-refractivity contribution in [2.24, 2.45) is 0 Å². The summed E-state index contributed by atoms with van der Waals surface area (Å²) < 4.78 is 5.09. The van der Waals surface area contributed by atoms with E-state index >= 15 is 0 Å². The number of carbonyl (C=O) groups excluding carboxylic acids is 1. The van der Waals surface area contributed by atoms with E-state index in [1.54, 1.807) is 31.4 Å². The molecule has 5 nitrogen and oxygen atoms in total. The van der Waals surface area contributed by atoms with Gasteiger partial charge < -0.3 is 14.7 Å². The summed E-state index contributed by atoms with van der Waals surface area (Å²) in [5.74, 6) is -1.28. The predicted octanol–water partition coefficient (Wildman–Crippen LogP) is 2.66. The van der Waals surface area contributed by atoms with Gasteiger partial charge in [0.05, 0.1) is 6.61 Å². The quantitative estimate of drug-likeness (QED) is 0.938. The Morgan fingerprint density at radius 3 is 2.75 bits per heavy atom. The van der Waals surface area contributed by atoms with Gasteiger partial charge >= 0.3 is 5.97 Å². The molecular formula is C19H19NO4. The van der Waals surface area contributed by atoms with Crippen LogP contribution in [0.5, 0.6) is 0 Å². The van der Waals surface area contributed by atoms with Crippen LogP contribution in [0.2, 0.25) is 0 Å². The maximum absolute atomic E-state index is 12.9. The zero-order chi connectivity index (χ0) is 17.1. The molecule has 2 aromatic carbocycles. The first-order chi connectivity index (χ1) is 11.6. The molecule has 1 N–H and O–H groups in total. The average molecular weight is 325 g/mol. The number of hydrogen-bond donors (Lipinski definition) is 1. The smallest absolute Gasteiger partial charge is 0.331 e. The molecule has 1 aliphatic rings. The molecule has 2 aromatic rings. The van der Waals surface area contributed by atoms with Gasteiger partial charge in [-0.25, -0.2) is 4.79 Å². The minimum Gasteiger partial charge on any atom is -0.479 e. The SMILES string of the molecule is COCc1cccc(C(=O)N2CCc3ccccc3C2C(=O)O)c1. The van der Waals surface area contributed by atoms with Gasteiger partial charge in [-0.05, 0) is 35.2 Å². The second-order valence-corrected chi connectivity index (χ2v) is 5.82. The van der Waals surface area contributed by atoms with Gasteiger partial charge in [0.25, 0.3) is 5.91 Å². The molecule has 0 aliphatic carbocycles. The largest absolute Gasteiger partial charge is 0.479 e. The van der Waals surface area contributed by atoms with Crippen LogP contribution in [-0.2, 0) is 22.6 Å². The molecule has 1 aliphatic heterocycles. The lowest BCUT2D eigenvalue weighted by Crippen LogP contribution is -2.43. The van der Waals surface area contributed by atoms with Gasteiger partial charge in [0.2, 0.25) is 0 Å². The highest BCUT2D eigenvalue weighted by atomic mass is 16.5. The lowest BCUT2D eigenvalue weighted by Gasteiger charge is -2.34. The summed E-state index contributed by atoms with van der Waals surface area (Å²) in [5.41, 5.74) is 3.04. The number of ether oxygens (including phenoxy) is 1. The van der Waals surface area contributed by atoms with Gasteiger partial charge in [-0.2, -0.15) is 0 Å². The Hall–Kier alpha value is -2.66. The van der Waals surface area contributed by atoms with E-state index in [4.69, 9.17) is 4.74 Å². The van der Waals surface area contributed by atoms with E-state index in [1.165, 1.54) is 4.90 Å². The Morgan fingerprint density at radius 2 is 2.00 bits per heavy atom. The van der Waals surface area contributed by atoms with Crippen LogP contribution in [0.4, 0.5) is 0 Å². The third-order valence-corrected chi connectivity index (χ3v) is 4.26. The molecule has 0 saturated heterocycles. The van der Waals surface area contributed by atoms with Gasteiger partial charge in [-0.3, -0.25) is 4.79 Å². The number of amides is 1. The first-order valence-electron chi connectivity index (χ1n) is 7.81. The van der Waals surface area contributed by atoms with Crippen molar-refractivity contribution in [1.29, 1.82) is 0 Å². The van der Waals surface area contributed by atoms with Crippen LogP contribution in [0, 0.1) is 0 Å². The van der Waals surface area contributed by atoms with Crippen molar-refractivity contribution in [3.63, 3.8) is 0 Å². The number of methoxy groups -OCH3 is 1. The molecule has 1 atom stereocenters. The van der Waals surface area contributed by atoms with E-state index in [0.29, 0.717) is 30.7 Å². The molecule has 24 heavy (non-hydrogen) atoms. The first kappa shape index (κ1) is 16.2. The summed E-state index contributed by atoms with van der Waals surface area (Å²) in [6, 6.07) is 13.6. The van der Waals surface area contributed by atoms with Crippen molar-refractivity contribution in [3.05, 3.63) is 70.8 Å². The van der Waals surface area contributed by atoms with E-state index in [-0.39, 0.29) is 5.91 Å². The Morgan fingerprint density at radius 1 is 1.21 bits per heavy atom. The van der Waals surface area contributed by atoms with Gasteiger partial charge in [0.15, 0.2) is 6.04 Å². The molecule has 1 unspecified atom stereocenters. The van der Waals surface area contributed by atoms with E-state index in [0.717, 1.165) is 11.1 Å². The maximum Gasteiger partial charge on any atom is 0.331 e. The Kier molecular flexibility index (Phi) is 4.62. The van der Waals surface area contributed by atoms with Crippen molar-refractivity contribution >= 4 is 11.9 Å². The number of carbonyl (C=O) groups is 2. The standard InChI is InChI=1S/C19H19NO4/c1-24-12-13-5-4-7-15(11-13)18(21)20-10-9-14-6-2-3-8-16(14)17(20)19(22)23/h2-8,11,17H,9-10,12H2,1H3,(H,22,23). The first-order valence-corrected chi connectivity index (χ1v) is 7.81. The summed E-state index contributed by atoms with van der Waals surface area (Å²) in [6.45, 7) is 0.799. The van der Waals surface area contributed by atoms with Crippen molar-refractivity contribution in [1.82, 2.24) is 4.90 Å². The summed E-state index contributed by atoms with van der Waals surface area (Å²) in [5, 5.41) is 9.68. The number of nitrogens with zero attached hydrogens (tertiary/aromatic N) is 1. The second kappa shape index (κ2) is 6.84. The normalized spacial score (nSPS) is 16.5. The number of carboxylic acid groups (broad SMARTS) is 1. The van der Waals surface area contributed by atoms with Crippen molar-refractivity contribution in [2.45, 2.75) is 19.1 Å². The average Bonchev–Trinajstić information content (AvgIpc) is 2.60. The molecule has 0 aromatic heterocycles. The third-order valence-electron chi connectivity index (χ3n) is 4.26. The molecule has 0 fully saturated rings. The monoisotopic (exact) mass is 325 g/mol. The fourth-order valence-electron chi connectivity index (χ4n) is 3.18. The fourth-order valence-corrected chi connectivity index (χ4v) is 3.18. The summed E-state index contributed by atoms with van der Waals surface area (Å²) >= 11 is 0. The highest BCUT2D eigenvalue weighted by Crippen LogP contribution is 2.31. The lowest BCUT2D eigenvalue weighted by molar-refractivity contribution is -0.143. The molecule has 0 radical (unpaired) electrons. The van der Waals surface area contributed by atoms with Gasteiger partial charge in [-0.1, -0.05) is 36.4 Å². The van der Waals surface area contributed by atoms with E-state index in [1.807, 2.05) is 24.3 Å². The molecule has 5 heteroatoms. The van der Waals surface area contributed by atoms with E-state index < -0.39 is 12.0 Å². The van der Waals surface area contributed by atoms with Crippen LogP contribution < -0.4 is 0 Å². The maximum atomic E-state index is 12.9. The molecule has 1 heterocycles. The third kappa shape index (κ3) is 3.03. The Balaban J connectivity index is 1.95. The number of rotatable bonds is 4. The Bertz CT molecular complexity index is 771. The number of hydrogen-bond acceptors (Lipinski definition) is 3. The van der Waals surface area contributed by atoms with E-state index in [9.17, 15) is 14.7 Å². The predicted molar refractivity (Wildman–Crippen MR) is 88.7 cm³/mol. The van der Waals surface area contributed by atoms with Crippen LogP contribution in [0.15, 0.2) is 48.5 Å². The zero-order valence-electron chi connectivity index (χ0n) is 13.4. The zero-order valence-corrected chi connectivity index (χ0v) is 13.4. The summed E-state index contributed by atoms with van der Waals surface area (Å²) in [6.07, 6.45) is 0.656. The highest BCUT2D eigenvalue weighted by Gasteiger charge is 2.36. The number of benzene rings is 2. The van der Waals surface area contributed by atoms with Crippen LogP contribution in [0.3, 0.4) is 0 Å².